The number of carbonyl (C=O) groups excluding carboxylic acids is 2. The van der Waals surface area contributed by atoms with Crippen molar-refractivity contribution in [3.8, 4) is 0 Å². The zero-order chi connectivity index (χ0) is 19.2. The molecule has 0 atom stereocenters. The Hall–Kier alpha value is -2.61. The fourth-order valence-electron chi connectivity index (χ4n) is 1.93. The van der Waals surface area contributed by atoms with E-state index in [1.54, 1.807) is 11.4 Å². The summed E-state index contributed by atoms with van der Waals surface area (Å²) in [5.74, 6) is -2.34. The summed E-state index contributed by atoms with van der Waals surface area (Å²) in [6, 6.07) is 13.1. The highest BCUT2D eigenvalue weighted by Crippen LogP contribution is 2.19. The number of nitrogens with one attached hydrogen (secondary N) is 2. The van der Waals surface area contributed by atoms with E-state index in [1.165, 1.54) is 30.3 Å². The molecule has 0 saturated heterocycles. The van der Waals surface area contributed by atoms with Crippen LogP contribution in [0, 0.1) is 0 Å². The topological polar surface area (TPSA) is 58.2 Å². The van der Waals surface area contributed by atoms with Gasteiger partial charge in [0.25, 0.3) is 0 Å². The van der Waals surface area contributed by atoms with Gasteiger partial charge >= 0.3 is 12.1 Å². The Kier molecular flexibility index (Phi) is 6.57. The number of anilines is 1. The Bertz CT molecular complexity index is 818. The van der Waals surface area contributed by atoms with Crippen molar-refractivity contribution in [2.24, 2.45) is 0 Å². The summed E-state index contributed by atoms with van der Waals surface area (Å²) in [6.07, 6.45) is -1.89. The van der Waals surface area contributed by atoms with E-state index in [0.29, 0.717) is 5.56 Å². The van der Waals surface area contributed by atoms with Crippen molar-refractivity contribution < 1.29 is 22.8 Å². The summed E-state index contributed by atoms with van der Waals surface area (Å²) in [4.78, 5) is 22.7. The van der Waals surface area contributed by atoms with E-state index in [-0.39, 0.29) is 18.1 Å². The molecule has 0 unspecified atom stereocenters. The van der Waals surface area contributed by atoms with Crippen LogP contribution in [0.25, 0.3) is 6.08 Å². The largest absolute Gasteiger partial charge is 0.471 e. The standard InChI is InChI=1S/C18H14BrF3N2O2/c19-15-4-2-1-3-13(15)7-10-16(25)23-11-12-5-8-14(9-6-12)24-17(26)18(20,21)22/h1-10H,11H2,(H,23,25)(H,24,26)/b10-7+. The van der Waals surface area contributed by atoms with E-state index < -0.39 is 12.1 Å². The van der Waals surface area contributed by atoms with E-state index in [9.17, 15) is 22.8 Å². The van der Waals surface area contributed by atoms with Gasteiger partial charge in [-0.25, -0.2) is 0 Å². The van der Waals surface area contributed by atoms with Crippen LogP contribution in [0.5, 0.6) is 0 Å². The van der Waals surface area contributed by atoms with Crippen LogP contribution in [0.4, 0.5) is 18.9 Å². The highest BCUT2D eigenvalue weighted by atomic mass is 79.9. The van der Waals surface area contributed by atoms with Gasteiger partial charge in [0.05, 0.1) is 0 Å². The smallest absolute Gasteiger partial charge is 0.348 e. The van der Waals surface area contributed by atoms with Gasteiger partial charge in [0.2, 0.25) is 5.91 Å². The van der Waals surface area contributed by atoms with Crippen molar-refractivity contribution in [2.75, 3.05) is 5.32 Å². The molecule has 8 heteroatoms. The minimum atomic E-state index is -4.94. The van der Waals surface area contributed by atoms with Gasteiger partial charge in [0, 0.05) is 22.8 Å². The first-order valence-electron chi connectivity index (χ1n) is 7.43. The maximum absolute atomic E-state index is 12.2. The van der Waals surface area contributed by atoms with Crippen molar-refractivity contribution >= 4 is 39.5 Å². The van der Waals surface area contributed by atoms with Crippen LogP contribution in [0.2, 0.25) is 0 Å². The number of halogens is 4. The highest BCUT2D eigenvalue weighted by molar-refractivity contribution is 9.10. The molecule has 0 radical (unpaired) electrons. The van der Waals surface area contributed by atoms with Gasteiger partial charge in [-0.2, -0.15) is 13.2 Å². The average molecular weight is 427 g/mol. The molecule has 0 heterocycles. The Morgan fingerprint density at radius 1 is 1.04 bits per heavy atom. The minimum Gasteiger partial charge on any atom is -0.348 e. The summed E-state index contributed by atoms with van der Waals surface area (Å²) in [5.41, 5.74) is 1.56. The second-order valence-electron chi connectivity index (χ2n) is 5.22. The number of hydrogen-bond acceptors (Lipinski definition) is 2. The molecule has 0 aliphatic heterocycles. The molecule has 0 spiro atoms. The number of hydrogen-bond donors (Lipinski definition) is 2. The van der Waals surface area contributed by atoms with Gasteiger partial charge in [-0.3, -0.25) is 9.59 Å². The van der Waals surface area contributed by atoms with Crippen LogP contribution in [-0.2, 0) is 16.1 Å². The van der Waals surface area contributed by atoms with Crippen LogP contribution in [0.3, 0.4) is 0 Å². The predicted molar refractivity (Wildman–Crippen MR) is 96.1 cm³/mol. The lowest BCUT2D eigenvalue weighted by Gasteiger charge is -2.09. The summed E-state index contributed by atoms with van der Waals surface area (Å²) < 4.78 is 37.4. The number of amides is 2. The Morgan fingerprint density at radius 2 is 1.69 bits per heavy atom. The molecule has 2 amide bonds. The van der Waals surface area contributed by atoms with Gasteiger partial charge in [-0.05, 0) is 35.4 Å². The first kappa shape index (κ1) is 19.7. The van der Waals surface area contributed by atoms with Crippen molar-refractivity contribution in [2.45, 2.75) is 12.7 Å². The number of carbonyl (C=O) groups is 2. The molecule has 0 aliphatic rings. The fraction of sp³-hybridized carbons (Fsp3) is 0.111. The monoisotopic (exact) mass is 426 g/mol. The zero-order valence-corrected chi connectivity index (χ0v) is 14.9. The Balaban J connectivity index is 1.87. The maximum atomic E-state index is 12.2. The third-order valence-corrected chi connectivity index (χ3v) is 3.98. The predicted octanol–water partition coefficient (Wildman–Crippen LogP) is 4.28. The quantitative estimate of drug-likeness (QED) is 0.701. The average Bonchev–Trinajstić information content (AvgIpc) is 2.59. The van der Waals surface area contributed by atoms with E-state index in [1.807, 2.05) is 24.3 Å². The molecule has 0 aliphatic carbocycles. The van der Waals surface area contributed by atoms with E-state index in [2.05, 4.69) is 21.2 Å². The third kappa shape index (κ3) is 6.03. The van der Waals surface area contributed by atoms with Crippen molar-refractivity contribution in [3.05, 3.63) is 70.2 Å². The summed E-state index contributed by atoms with van der Waals surface area (Å²) in [7, 11) is 0. The van der Waals surface area contributed by atoms with Crippen LogP contribution >= 0.6 is 15.9 Å². The summed E-state index contributed by atoms with van der Waals surface area (Å²) >= 11 is 3.37. The lowest BCUT2D eigenvalue weighted by atomic mass is 10.2. The SMILES string of the molecule is O=C(/C=C/c1ccccc1Br)NCc1ccc(NC(=O)C(F)(F)F)cc1. The Labute approximate surface area is 156 Å². The minimum absolute atomic E-state index is 0.0243. The molecule has 2 aromatic carbocycles. The molecule has 4 nitrogen and oxygen atoms in total. The lowest BCUT2D eigenvalue weighted by Crippen LogP contribution is -2.29. The van der Waals surface area contributed by atoms with E-state index >= 15 is 0 Å². The third-order valence-electron chi connectivity index (χ3n) is 3.26. The molecule has 2 N–H and O–H groups in total. The molecule has 0 aromatic heterocycles. The van der Waals surface area contributed by atoms with Crippen molar-refractivity contribution in [1.82, 2.24) is 5.32 Å². The molecule has 0 bridgehead atoms. The fourth-order valence-corrected chi connectivity index (χ4v) is 2.35. The molecule has 0 fully saturated rings. The van der Waals surface area contributed by atoms with Gasteiger partial charge < -0.3 is 10.6 Å². The van der Waals surface area contributed by atoms with Crippen molar-refractivity contribution in [1.29, 1.82) is 0 Å². The summed E-state index contributed by atoms with van der Waals surface area (Å²) in [5, 5.41) is 4.42. The molecule has 0 saturated carbocycles. The lowest BCUT2D eigenvalue weighted by molar-refractivity contribution is -0.167. The molecule has 136 valence electrons. The normalized spacial score (nSPS) is 11.4. The first-order valence-corrected chi connectivity index (χ1v) is 8.22. The number of rotatable bonds is 5. The van der Waals surface area contributed by atoms with Crippen LogP contribution in [-0.4, -0.2) is 18.0 Å². The van der Waals surface area contributed by atoms with Gasteiger partial charge in [-0.15, -0.1) is 0 Å². The summed E-state index contributed by atoms with van der Waals surface area (Å²) in [6.45, 7) is 0.201. The number of benzene rings is 2. The van der Waals surface area contributed by atoms with Crippen LogP contribution < -0.4 is 10.6 Å². The van der Waals surface area contributed by atoms with Gasteiger partial charge in [0.1, 0.15) is 0 Å². The first-order chi connectivity index (χ1) is 12.3. The molecule has 2 rings (SSSR count). The molecule has 26 heavy (non-hydrogen) atoms. The molecular weight excluding hydrogens is 413 g/mol. The van der Waals surface area contributed by atoms with Crippen molar-refractivity contribution in [3.63, 3.8) is 0 Å². The second-order valence-corrected chi connectivity index (χ2v) is 6.08. The van der Waals surface area contributed by atoms with Crippen LogP contribution in [0.15, 0.2) is 59.1 Å². The second kappa shape index (κ2) is 8.66. The van der Waals surface area contributed by atoms with Gasteiger partial charge in [0.15, 0.2) is 0 Å². The maximum Gasteiger partial charge on any atom is 0.471 e. The van der Waals surface area contributed by atoms with Gasteiger partial charge in [-0.1, -0.05) is 46.3 Å². The molecule has 2 aromatic rings. The number of alkyl halides is 3. The zero-order valence-electron chi connectivity index (χ0n) is 13.3. The van der Waals surface area contributed by atoms with E-state index in [0.717, 1.165) is 10.0 Å². The highest BCUT2D eigenvalue weighted by Gasteiger charge is 2.38. The van der Waals surface area contributed by atoms with E-state index in [4.69, 9.17) is 0 Å². The molecular formula is C18H14BrF3N2O2. The Morgan fingerprint density at radius 3 is 2.31 bits per heavy atom. The van der Waals surface area contributed by atoms with Crippen LogP contribution in [0.1, 0.15) is 11.1 Å².